The van der Waals surface area contributed by atoms with Gasteiger partial charge in [0.2, 0.25) is 13.6 Å². The van der Waals surface area contributed by atoms with Crippen molar-refractivity contribution in [3.8, 4) is 34.5 Å². The van der Waals surface area contributed by atoms with E-state index in [0.717, 1.165) is 71.6 Å². The maximum Gasteiger partial charge on any atom is 0.231 e. The van der Waals surface area contributed by atoms with Gasteiger partial charge in [0.1, 0.15) is 11.5 Å². The van der Waals surface area contributed by atoms with Gasteiger partial charge in [0.15, 0.2) is 23.0 Å². The van der Waals surface area contributed by atoms with Gasteiger partial charge in [0.05, 0.1) is 24.6 Å². The molecule has 0 radical (unpaired) electrons. The molecule has 8 nitrogen and oxygen atoms in total. The van der Waals surface area contributed by atoms with Crippen molar-refractivity contribution in [1.82, 2.24) is 0 Å². The summed E-state index contributed by atoms with van der Waals surface area (Å²) in [6.45, 7) is 10.2. The lowest BCUT2D eigenvalue weighted by atomic mass is 9.82. The van der Waals surface area contributed by atoms with Gasteiger partial charge in [0, 0.05) is 46.5 Å². The summed E-state index contributed by atoms with van der Waals surface area (Å²) in [5.41, 5.74) is 9.17. The monoisotopic (exact) mass is 646 g/mol. The summed E-state index contributed by atoms with van der Waals surface area (Å²) in [5.74, 6) is 5.54. The number of rotatable bonds is 8. The van der Waals surface area contributed by atoms with E-state index in [9.17, 15) is 0 Å². The highest BCUT2D eigenvalue weighted by atomic mass is 16.7. The van der Waals surface area contributed by atoms with Crippen LogP contribution in [-0.4, -0.2) is 38.2 Å². The van der Waals surface area contributed by atoms with Crippen LogP contribution in [-0.2, 0) is 0 Å². The molecule has 0 saturated carbocycles. The van der Waals surface area contributed by atoms with E-state index in [4.69, 9.17) is 38.4 Å². The Kier molecular flexibility index (Phi) is 9.23. The summed E-state index contributed by atoms with van der Waals surface area (Å²) in [5, 5.41) is 0. The molecule has 0 amide bonds. The highest BCUT2D eigenvalue weighted by molar-refractivity contribution is 5.92. The third kappa shape index (κ3) is 6.19. The maximum atomic E-state index is 5.87. The van der Waals surface area contributed by atoms with Gasteiger partial charge in [-0.05, 0) is 74.9 Å². The summed E-state index contributed by atoms with van der Waals surface area (Å²) < 4.78 is 33.9. The SMILES string of the molecule is CCOc1ccccc1C1CC(CC)=Nc2cc3c(cc21)OCO3.CCOc1ccccc1C1CC(CC)=Nc2cc3c(cc21)OCO3. The molecule has 4 aliphatic heterocycles. The van der Waals surface area contributed by atoms with Crippen LogP contribution < -0.4 is 28.4 Å². The van der Waals surface area contributed by atoms with Crippen molar-refractivity contribution in [3.05, 3.63) is 95.1 Å². The van der Waals surface area contributed by atoms with E-state index >= 15 is 0 Å². The predicted octanol–water partition coefficient (Wildman–Crippen LogP) is 9.66. The minimum atomic E-state index is 0.227. The fraction of sp³-hybridized carbons (Fsp3) is 0.350. The van der Waals surface area contributed by atoms with Gasteiger partial charge in [-0.25, -0.2) is 0 Å². The summed E-state index contributed by atoms with van der Waals surface area (Å²) in [6.07, 6.45) is 3.71. The van der Waals surface area contributed by atoms with Gasteiger partial charge < -0.3 is 28.4 Å². The number of benzene rings is 4. The van der Waals surface area contributed by atoms with Crippen LogP contribution in [0.2, 0.25) is 0 Å². The Morgan fingerprint density at radius 1 is 0.542 bits per heavy atom. The Labute approximate surface area is 282 Å². The predicted molar refractivity (Wildman–Crippen MR) is 188 cm³/mol. The quantitative estimate of drug-likeness (QED) is 0.190. The van der Waals surface area contributed by atoms with Crippen molar-refractivity contribution in [2.75, 3.05) is 26.8 Å². The first-order valence-corrected chi connectivity index (χ1v) is 17.0. The number of hydrogen-bond donors (Lipinski definition) is 0. The van der Waals surface area contributed by atoms with Gasteiger partial charge >= 0.3 is 0 Å². The smallest absolute Gasteiger partial charge is 0.231 e. The van der Waals surface area contributed by atoms with Crippen molar-refractivity contribution in [3.63, 3.8) is 0 Å². The lowest BCUT2D eigenvalue weighted by Gasteiger charge is -2.26. The fourth-order valence-corrected chi connectivity index (χ4v) is 6.88. The van der Waals surface area contributed by atoms with Gasteiger partial charge in [-0.3, -0.25) is 9.98 Å². The summed E-state index contributed by atoms with van der Waals surface area (Å²) in [7, 11) is 0. The molecule has 8 heteroatoms. The molecule has 48 heavy (non-hydrogen) atoms. The third-order valence-electron chi connectivity index (χ3n) is 9.24. The molecule has 2 unspecified atom stereocenters. The molecule has 8 rings (SSSR count). The van der Waals surface area contributed by atoms with Gasteiger partial charge in [-0.2, -0.15) is 0 Å². The molecule has 0 bridgehead atoms. The largest absolute Gasteiger partial charge is 0.494 e. The lowest BCUT2D eigenvalue weighted by molar-refractivity contribution is 0.173. The van der Waals surface area contributed by atoms with Crippen LogP contribution in [0.5, 0.6) is 34.5 Å². The second-order valence-electron chi connectivity index (χ2n) is 12.0. The van der Waals surface area contributed by atoms with Crippen LogP contribution in [0.25, 0.3) is 0 Å². The van der Waals surface area contributed by atoms with Crippen LogP contribution in [0, 0.1) is 0 Å². The molecule has 2 atom stereocenters. The topological polar surface area (TPSA) is 80.1 Å². The average Bonchev–Trinajstić information content (AvgIpc) is 3.79. The molecule has 4 aromatic carbocycles. The Balaban J connectivity index is 0.000000152. The van der Waals surface area contributed by atoms with Gasteiger partial charge in [-0.15, -0.1) is 0 Å². The number of fused-ring (bicyclic) bond motifs is 4. The van der Waals surface area contributed by atoms with E-state index < -0.39 is 0 Å². The van der Waals surface area contributed by atoms with Gasteiger partial charge in [0.25, 0.3) is 0 Å². The molecular formula is C40H42N2O6. The second-order valence-corrected chi connectivity index (χ2v) is 12.0. The van der Waals surface area contributed by atoms with E-state index in [-0.39, 0.29) is 25.4 Å². The molecule has 4 heterocycles. The normalized spacial score (nSPS) is 18.1. The van der Waals surface area contributed by atoms with Crippen molar-refractivity contribution < 1.29 is 28.4 Å². The fourth-order valence-electron chi connectivity index (χ4n) is 6.88. The first kappa shape index (κ1) is 31.6. The van der Waals surface area contributed by atoms with Crippen LogP contribution in [0.3, 0.4) is 0 Å². The van der Waals surface area contributed by atoms with Crippen LogP contribution in [0.15, 0.2) is 82.8 Å². The van der Waals surface area contributed by atoms with Crippen LogP contribution >= 0.6 is 0 Å². The molecule has 0 aromatic heterocycles. The minimum Gasteiger partial charge on any atom is -0.494 e. The lowest BCUT2D eigenvalue weighted by Crippen LogP contribution is -2.14. The Morgan fingerprint density at radius 2 is 0.938 bits per heavy atom. The van der Waals surface area contributed by atoms with E-state index in [1.54, 1.807) is 0 Å². The molecule has 0 aliphatic carbocycles. The van der Waals surface area contributed by atoms with E-state index in [1.807, 2.05) is 50.2 Å². The van der Waals surface area contributed by atoms with E-state index in [0.29, 0.717) is 13.2 Å². The molecule has 0 spiro atoms. The highest BCUT2D eigenvalue weighted by Crippen LogP contribution is 2.49. The van der Waals surface area contributed by atoms with Crippen molar-refractivity contribution in [2.24, 2.45) is 9.98 Å². The molecule has 4 aromatic rings. The standard InChI is InChI=1S/2C20H21NO3/c2*1-3-13-9-15(14-7-5-6-8-18(14)22-4-2)16-10-19-20(24-12-23-19)11-17(16)21-13/h2*5-8,10-11,15H,3-4,9,12H2,1-2H3. The first-order chi connectivity index (χ1) is 23.6. The van der Waals surface area contributed by atoms with Crippen molar-refractivity contribution in [1.29, 1.82) is 0 Å². The Morgan fingerprint density at radius 3 is 1.33 bits per heavy atom. The van der Waals surface area contributed by atoms with E-state index in [2.05, 4.69) is 50.2 Å². The summed E-state index contributed by atoms with van der Waals surface area (Å²) in [4.78, 5) is 9.67. The first-order valence-electron chi connectivity index (χ1n) is 17.0. The summed E-state index contributed by atoms with van der Waals surface area (Å²) >= 11 is 0. The molecule has 0 saturated heterocycles. The minimum absolute atomic E-state index is 0.227. The Bertz CT molecular complexity index is 1730. The summed E-state index contributed by atoms with van der Waals surface area (Å²) in [6, 6.07) is 24.8. The third-order valence-corrected chi connectivity index (χ3v) is 9.24. The zero-order valence-corrected chi connectivity index (χ0v) is 28.1. The molecule has 4 aliphatic rings. The zero-order chi connectivity index (χ0) is 33.0. The number of hydrogen-bond acceptors (Lipinski definition) is 8. The molecule has 0 fully saturated rings. The van der Waals surface area contributed by atoms with E-state index in [1.165, 1.54) is 33.7 Å². The van der Waals surface area contributed by atoms with Gasteiger partial charge in [-0.1, -0.05) is 50.2 Å². The Hall–Kier alpha value is -4.98. The molecule has 248 valence electrons. The zero-order valence-electron chi connectivity index (χ0n) is 28.1. The number of aliphatic imine (C=N–C) groups is 2. The molecule has 0 N–H and O–H groups in total. The number of nitrogens with zero attached hydrogens (tertiary/aromatic N) is 2. The average molecular weight is 647 g/mol. The molecular weight excluding hydrogens is 604 g/mol. The second kappa shape index (κ2) is 14.0. The number of ether oxygens (including phenoxy) is 6. The van der Waals surface area contributed by atoms with Crippen LogP contribution in [0.4, 0.5) is 11.4 Å². The number of para-hydroxylation sites is 2. The van der Waals surface area contributed by atoms with Crippen molar-refractivity contribution >= 4 is 22.8 Å². The van der Waals surface area contributed by atoms with Crippen molar-refractivity contribution in [2.45, 2.75) is 65.2 Å². The maximum absolute atomic E-state index is 5.87. The highest BCUT2D eigenvalue weighted by Gasteiger charge is 2.31. The van der Waals surface area contributed by atoms with Crippen LogP contribution in [0.1, 0.15) is 87.5 Å².